The molecular weight excluding hydrogens is 237 g/mol. The lowest BCUT2D eigenvalue weighted by atomic mass is 10.1. The average Bonchev–Trinajstić information content (AvgIpc) is 2.85. The Morgan fingerprint density at radius 2 is 1.94 bits per heavy atom. The number of benzene rings is 1. The molecule has 18 heavy (non-hydrogen) atoms. The summed E-state index contributed by atoms with van der Waals surface area (Å²) >= 11 is 0. The highest BCUT2D eigenvalue weighted by atomic mass is 19.1. The minimum Gasteiger partial charge on any atom is -0.478 e. The van der Waals surface area contributed by atoms with E-state index in [0.29, 0.717) is 0 Å². The van der Waals surface area contributed by atoms with Gasteiger partial charge in [-0.05, 0) is 31.0 Å². The van der Waals surface area contributed by atoms with Crippen LogP contribution in [0, 0.1) is 11.7 Å². The standard InChI is InChI=1S/C13H14FNO3/c14-10-6-5-9(13(17)18)7-11(10)15-12(16)8-3-1-2-4-8/h5-8H,1-4H2,(H,15,16)(H,17,18). The molecule has 1 saturated carbocycles. The van der Waals surface area contributed by atoms with Gasteiger partial charge in [0.25, 0.3) is 0 Å². The fourth-order valence-electron chi connectivity index (χ4n) is 2.18. The first kappa shape index (κ1) is 12.5. The highest BCUT2D eigenvalue weighted by Crippen LogP contribution is 2.26. The predicted molar refractivity (Wildman–Crippen MR) is 63.9 cm³/mol. The van der Waals surface area contributed by atoms with Gasteiger partial charge < -0.3 is 10.4 Å². The average molecular weight is 251 g/mol. The lowest BCUT2D eigenvalue weighted by Crippen LogP contribution is -2.21. The second kappa shape index (κ2) is 5.16. The summed E-state index contributed by atoms with van der Waals surface area (Å²) in [4.78, 5) is 22.6. The van der Waals surface area contributed by atoms with Gasteiger partial charge in [0.2, 0.25) is 5.91 Å². The van der Waals surface area contributed by atoms with Crippen LogP contribution < -0.4 is 5.32 Å². The molecular formula is C13H14FNO3. The van der Waals surface area contributed by atoms with Crippen molar-refractivity contribution in [2.45, 2.75) is 25.7 Å². The van der Waals surface area contributed by atoms with E-state index in [4.69, 9.17) is 5.11 Å². The van der Waals surface area contributed by atoms with Crippen LogP contribution in [-0.4, -0.2) is 17.0 Å². The third kappa shape index (κ3) is 2.67. The van der Waals surface area contributed by atoms with Crippen molar-refractivity contribution in [1.82, 2.24) is 0 Å². The SMILES string of the molecule is O=C(O)c1ccc(F)c(NC(=O)C2CCCC2)c1. The van der Waals surface area contributed by atoms with Gasteiger partial charge >= 0.3 is 5.97 Å². The maximum atomic E-state index is 13.5. The van der Waals surface area contributed by atoms with E-state index in [-0.39, 0.29) is 23.1 Å². The molecule has 0 aliphatic heterocycles. The molecule has 1 aliphatic carbocycles. The van der Waals surface area contributed by atoms with Crippen LogP contribution in [0.25, 0.3) is 0 Å². The van der Waals surface area contributed by atoms with Crippen molar-refractivity contribution < 1.29 is 19.1 Å². The van der Waals surface area contributed by atoms with Gasteiger partial charge in [0, 0.05) is 5.92 Å². The number of rotatable bonds is 3. The van der Waals surface area contributed by atoms with Crippen LogP contribution in [0.4, 0.5) is 10.1 Å². The molecule has 5 heteroatoms. The number of hydrogen-bond acceptors (Lipinski definition) is 2. The van der Waals surface area contributed by atoms with Crippen LogP contribution in [0.1, 0.15) is 36.0 Å². The molecule has 0 heterocycles. The monoisotopic (exact) mass is 251 g/mol. The molecule has 0 saturated heterocycles. The second-order valence-electron chi connectivity index (χ2n) is 4.47. The van der Waals surface area contributed by atoms with E-state index >= 15 is 0 Å². The van der Waals surface area contributed by atoms with Crippen LogP contribution in [0.2, 0.25) is 0 Å². The van der Waals surface area contributed by atoms with Crippen LogP contribution in [0.3, 0.4) is 0 Å². The predicted octanol–water partition coefficient (Wildman–Crippen LogP) is 2.65. The molecule has 1 aromatic rings. The smallest absolute Gasteiger partial charge is 0.335 e. The minimum absolute atomic E-state index is 0.0434. The summed E-state index contributed by atoms with van der Waals surface area (Å²) in [6, 6.07) is 3.36. The van der Waals surface area contributed by atoms with Crippen molar-refractivity contribution in [2.75, 3.05) is 5.32 Å². The summed E-state index contributed by atoms with van der Waals surface area (Å²) in [5.41, 5.74) is -0.107. The number of carboxylic acid groups (broad SMARTS) is 1. The minimum atomic E-state index is -1.15. The molecule has 0 unspecified atom stereocenters. The highest BCUT2D eigenvalue weighted by molar-refractivity contribution is 5.95. The van der Waals surface area contributed by atoms with Crippen molar-refractivity contribution in [2.24, 2.45) is 5.92 Å². The van der Waals surface area contributed by atoms with Gasteiger partial charge in [-0.3, -0.25) is 4.79 Å². The Bertz CT molecular complexity index is 481. The van der Waals surface area contributed by atoms with E-state index in [1.54, 1.807) is 0 Å². The molecule has 1 fully saturated rings. The molecule has 0 atom stereocenters. The first-order chi connectivity index (χ1) is 8.58. The lowest BCUT2D eigenvalue weighted by Gasteiger charge is -2.11. The summed E-state index contributed by atoms with van der Waals surface area (Å²) in [6.45, 7) is 0. The van der Waals surface area contributed by atoms with E-state index in [2.05, 4.69) is 5.32 Å². The molecule has 0 aromatic heterocycles. The summed E-state index contributed by atoms with van der Waals surface area (Å²) in [5.74, 6) is -2.08. The Morgan fingerprint density at radius 1 is 1.28 bits per heavy atom. The zero-order chi connectivity index (χ0) is 13.1. The quantitative estimate of drug-likeness (QED) is 0.867. The van der Waals surface area contributed by atoms with Crippen LogP contribution in [-0.2, 0) is 4.79 Å². The number of halogens is 1. The third-order valence-corrected chi connectivity index (χ3v) is 3.20. The lowest BCUT2D eigenvalue weighted by molar-refractivity contribution is -0.119. The van der Waals surface area contributed by atoms with Gasteiger partial charge in [0.1, 0.15) is 5.82 Å². The van der Waals surface area contributed by atoms with Gasteiger partial charge in [-0.2, -0.15) is 0 Å². The Morgan fingerprint density at radius 3 is 2.56 bits per heavy atom. The molecule has 1 aromatic carbocycles. The Hall–Kier alpha value is -1.91. The Labute approximate surface area is 104 Å². The van der Waals surface area contributed by atoms with Gasteiger partial charge in [-0.25, -0.2) is 9.18 Å². The first-order valence-corrected chi connectivity index (χ1v) is 5.91. The van der Waals surface area contributed by atoms with Crippen LogP contribution in [0.5, 0.6) is 0 Å². The van der Waals surface area contributed by atoms with E-state index in [1.165, 1.54) is 6.07 Å². The summed E-state index contributed by atoms with van der Waals surface area (Å²) in [5, 5.41) is 11.3. The van der Waals surface area contributed by atoms with Gasteiger partial charge in [0.05, 0.1) is 11.3 Å². The zero-order valence-corrected chi connectivity index (χ0v) is 9.78. The third-order valence-electron chi connectivity index (χ3n) is 3.20. The number of carbonyl (C=O) groups is 2. The molecule has 0 spiro atoms. The zero-order valence-electron chi connectivity index (χ0n) is 9.78. The van der Waals surface area contributed by atoms with Crippen molar-refractivity contribution >= 4 is 17.6 Å². The van der Waals surface area contributed by atoms with Gasteiger partial charge in [-0.15, -0.1) is 0 Å². The molecule has 2 N–H and O–H groups in total. The number of amides is 1. The van der Waals surface area contributed by atoms with E-state index in [9.17, 15) is 14.0 Å². The van der Waals surface area contributed by atoms with Crippen molar-refractivity contribution in [3.8, 4) is 0 Å². The molecule has 1 amide bonds. The maximum absolute atomic E-state index is 13.5. The Kier molecular flexibility index (Phi) is 3.60. The fourth-order valence-corrected chi connectivity index (χ4v) is 2.18. The molecule has 0 bridgehead atoms. The van der Waals surface area contributed by atoms with E-state index < -0.39 is 11.8 Å². The number of anilines is 1. The summed E-state index contributed by atoms with van der Waals surface area (Å²) in [6.07, 6.45) is 3.64. The molecule has 2 rings (SSSR count). The van der Waals surface area contributed by atoms with Gasteiger partial charge in [-0.1, -0.05) is 12.8 Å². The van der Waals surface area contributed by atoms with Crippen molar-refractivity contribution in [3.63, 3.8) is 0 Å². The largest absolute Gasteiger partial charge is 0.478 e. The number of aromatic carboxylic acids is 1. The van der Waals surface area contributed by atoms with Crippen molar-refractivity contribution in [1.29, 1.82) is 0 Å². The summed E-state index contributed by atoms with van der Waals surface area (Å²) in [7, 11) is 0. The van der Waals surface area contributed by atoms with Gasteiger partial charge in [0.15, 0.2) is 0 Å². The molecule has 4 nitrogen and oxygen atoms in total. The fraction of sp³-hybridized carbons (Fsp3) is 0.385. The number of nitrogens with one attached hydrogen (secondary N) is 1. The van der Waals surface area contributed by atoms with Crippen LogP contribution >= 0.6 is 0 Å². The maximum Gasteiger partial charge on any atom is 0.335 e. The number of carbonyl (C=O) groups excluding carboxylic acids is 1. The number of carboxylic acids is 1. The van der Waals surface area contributed by atoms with Crippen LogP contribution in [0.15, 0.2) is 18.2 Å². The van der Waals surface area contributed by atoms with E-state index in [0.717, 1.165) is 37.8 Å². The summed E-state index contributed by atoms with van der Waals surface area (Å²) < 4.78 is 13.5. The number of hydrogen-bond donors (Lipinski definition) is 2. The Balaban J connectivity index is 2.14. The molecule has 1 aliphatic rings. The second-order valence-corrected chi connectivity index (χ2v) is 4.47. The molecule has 0 radical (unpaired) electrons. The first-order valence-electron chi connectivity index (χ1n) is 5.91. The van der Waals surface area contributed by atoms with Crippen molar-refractivity contribution in [3.05, 3.63) is 29.6 Å². The molecule has 96 valence electrons. The highest BCUT2D eigenvalue weighted by Gasteiger charge is 2.23. The normalized spacial score (nSPS) is 15.6. The topological polar surface area (TPSA) is 66.4 Å². The van der Waals surface area contributed by atoms with E-state index in [1.807, 2.05) is 0 Å².